The number of carbonyl (C=O) groups excluding carboxylic acids is 3. The lowest BCUT2D eigenvalue weighted by molar-refractivity contribution is -0.140. The van der Waals surface area contributed by atoms with Gasteiger partial charge < -0.3 is 21.3 Å². The Kier molecular flexibility index (Phi) is 12.7. The molecule has 0 unspecified atom stereocenters. The van der Waals surface area contributed by atoms with Crippen LogP contribution in [0.25, 0.3) is 0 Å². The zero-order chi connectivity index (χ0) is 34.3. The predicted octanol–water partition coefficient (Wildman–Crippen LogP) is 3.48. The first-order valence-electron chi connectivity index (χ1n) is 15.1. The van der Waals surface area contributed by atoms with E-state index in [0.29, 0.717) is 0 Å². The Bertz CT molecular complexity index is 1460. The monoisotopic (exact) mass is 641 g/mol. The van der Waals surface area contributed by atoms with E-state index >= 15 is 0 Å². The van der Waals surface area contributed by atoms with Crippen molar-refractivity contribution in [3.8, 4) is 0 Å². The number of amides is 3. The minimum absolute atomic E-state index is 0.0624. The molecule has 0 fully saturated rings. The second kappa shape index (κ2) is 15.2. The summed E-state index contributed by atoms with van der Waals surface area (Å²) in [4.78, 5) is 42.3. The lowest BCUT2D eigenvalue weighted by Crippen LogP contribution is -2.61. The second-order valence-electron chi connectivity index (χ2n) is 13.4. The number of carbonyl (C=O) groups is 3. The summed E-state index contributed by atoms with van der Waals surface area (Å²) < 4.78 is 27.8. The summed E-state index contributed by atoms with van der Waals surface area (Å²) in [6.07, 6.45) is 1.58. The molecule has 0 bridgehead atoms. The van der Waals surface area contributed by atoms with E-state index in [1.807, 2.05) is 78.8 Å². The first kappa shape index (κ1) is 37.6. The lowest BCUT2D eigenvalue weighted by atomic mass is 9.76. The van der Waals surface area contributed by atoms with E-state index in [2.05, 4.69) is 15.4 Å². The van der Waals surface area contributed by atoms with Gasteiger partial charge in [0.05, 0.1) is 17.0 Å². The average molecular weight is 642 g/mol. The molecule has 11 heteroatoms. The van der Waals surface area contributed by atoms with Crippen molar-refractivity contribution >= 4 is 27.7 Å². The van der Waals surface area contributed by atoms with E-state index < -0.39 is 44.9 Å². The van der Waals surface area contributed by atoms with Crippen molar-refractivity contribution < 1.29 is 22.8 Å². The van der Waals surface area contributed by atoms with Gasteiger partial charge >= 0.3 is 0 Å². The van der Waals surface area contributed by atoms with Crippen molar-refractivity contribution in [3.63, 3.8) is 0 Å². The van der Waals surface area contributed by atoms with Crippen LogP contribution in [0.2, 0.25) is 0 Å². The van der Waals surface area contributed by atoms with Crippen molar-refractivity contribution in [2.75, 3.05) is 14.1 Å². The molecule has 45 heavy (non-hydrogen) atoms. The van der Waals surface area contributed by atoms with Gasteiger partial charge in [0.25, 0.3) is 15.9 Å². The molecule has 5 N–H and O–H groups in total. The standard InChI is InChI=1S/C34H51N5O5S/c1-22(2)27(20-23(3)30(40)38-45(43,44)26-18-16-24(21-35)17-19-26)39(10)32(42)29(33(4,5)6)37-31(41)28(36-9)34(7,8)25-14-12-11-13-15-25/h11-20,22,27-29,36H,21,35H2,1-10H3,(H,37,41)(H,38,40)/t27-,28-,29-/m1/s1. The van der Waals surface area contributed by atoms with Gasteiger partial charge in [-0.15, -0.1) is 0 Å². The number of sulfonamides is 1. The molecule has 0 aromatic heterocycles. The molecule has 10 nitrogen and oxygen atoms in total. The van der Waals surface area contributed by atoms with E-state index in [4.69, 9.17) is 5.73 Å². The highest BCUT2D eigenvalue weighted by molar-refractivity contribution is 7.90. The Hall–Kier alpha value is -3.54. The van der Waals surface area contributed by atoms with E-state index in [-0.39, 0.29) is 34.7 Å². The predicted molar refractivity (Wildman–Crippen MR) is 179 cm³/mol. The summed E-state index contributed by atoms with van der Waals surface area (Å²) in [5, 5.41) is 6.15. The highest BCUT2D eigenvalue weighted by Gasteiger charge is 2.41. The van der Waals surface area contributed by atoms with Crippen molar-refractivity contribution in [1.29, 1.82) is 0 Å². The Morgan fingerprint density at radius 2 is 1.49 bits per heavy atom. The number of nitrogens with zero attached hydrogens (tertiary/aromatic N) is 1. The molecule has 3 atom stereocenters. The fraction of sp³-hybridized carbons (Fsp3) is 0.500. The SMILES string of the molecule is CN[C@H](C(=O)N[C@H](C(=O)N(C)[C@H](C=C(C)C(=O)NS(=O)(=O)c1ccc(CN)cc1)C(C)C)C(C)(C)C)C(C)(C)c1ccccc1. The summed E-state index contributed by atoms with van der Waals surface area (Å²) in [7, 11) is -0.783. The highest BCUT2D eigenvalue weighted by Crippen LogP contribution is 2.29. The Morgan fingerprint density at radius 3 is 1.96 bits per heavy atom. The molecule has 0 spiro atoms. The molecule has 0 radical (unpaired) electrons. The number of likely N-dealkylation sites (N-methyl/N-ethyl adjacent to an activating group) is 2. The largest absolute Gasteiger partial charge is 0.342 e. The first-order chi connectivity index (χ1) is 20.8. The molecule has 0 aliphatic heterocycles. The molecular weight excluding hydrogens is 590 g/mol. The highest BCUT2D eigenvalue weighted by atomic mass is 32.2. The maximum Gasteiger partial charge on any atom is 0.264 e. The number of hydrogen-bond donors (Lipinski definition) is 4. The molecule has 0 saturated carbocycles. The molecular formula is C34H51N5O5S. The van der Waals surface area contributed by atoms with E-state index in [0.717, 1.165) is 11.1 Å². The first-order valence-corrected chi connectivity index (χ1v) is 16.6. The molecule has 2 aromatic rings. The molecule has 0 heterocycles. The van der Waals surface area contributed by atoms with Crippen LogP contribution in [-0.4, -0.2) is 63.3 Å². The summed E-state index contributed by atoms with van der Waals surface area (Å²) in [5.74, 6) is -1.59. The molecule has 0 saturated heterocycles. The Balaban J connectivity index is 2.32. The fourth-order valence-electron chi connectivity index (χ4n) is 5.23. The molecule has 248 valence electrons. The summed E-state index contributed by atoms with van der Waals surface area (Å²) in [5.41, 5.74) is 6.22. The van der Waals surface area contributed by atoms with Gasteiger partial charge in [-0.1, -0.05) is 97.0 Å². The number of nitrogens with two attached hydrogens (primary N) is 1. The molecule has 2 rings (SSSR count). The van der Waals surface area contributed by atoms with Gasteiger partial charge in [-0.25, -0.2) is 13.1 Å². The van der Waals surface area contributed by atoms with Crippen LogP contribution in [0.5, 0.6) is 0 Å². The van der Waals surface area contributed by atoms with Gasteiger partial charge in [0, 0.05) is 24.6 Å². The van der Waals surface area contributed by atoms with Crippen LogP contribution in [0.4, 0.5) is 0 Å². The number of hydrogen-bond acceptors (Lipinski definition) is 7. The lowest BCUT2D eigenvalue weighted by Gasteiger charge is -2.40. The van der Waals surface area contributed by atoms with Crippen LogP contribution in [0.3, 0.4) is 0 Å². The third-order valence-corrected chi connectivity index (χ3v) is 9.49. The third-order valence-electron chi connectivity index (χ3n) is 8.14. The number of nitrogens with one attached hydrogen (secondary N) is 3. The third kappa shape index (κ3) is 9.48. The molecule has 0 aliphatic rings. The normalized spacial score (nSPS) is 14.8. The van der Waals surface area contributed by atoms with Crippen molar-refractivity contribution in [2.24, 2.45) is 17.1 Å². The van der Waals surface area contributed by atoms with Gasteiger partial charge in [0.1, 0.15) is 6.04 Å². The van der Waals surface area contributed by atoms with Crippen molar-refractivity contribution in [2.45, 2.75) is 90.4 Å². The fourth-order valence-corrected chi connectivity index (χ4v) is 6.25. The van der Waals surface area contributed by atoms with Gasteiger partial charge in [0.2, 0.25) is 11.8 Å². The topological polar surface area (TPSA) is 151 Å². The maximum atomic E-state index is 14.1. The Labute approximate surface area is 269 Å². The molecule has 3 amide bonds. The maximum absolute atomic E-state index is 14.1. The van der Waals surface area contributed by atoms with Crippen molar-refractivity contribution in [3.05, 3.63) is 77.4 Å². The van der Waals surface area contributed by atoms with Gasteiger partial charge in [-0.2, -0.15) is 0 Å². The van der Waals surface area contributed by atoms with Crippen molar-refractivity contribution in [1.82, 2.24) is 20.3 Å². The quantitative estimate of drug-likeness (QED) is 0.245. The average Bonchev–Trinajstić information content (AvgIpc) is 2.97. The minimum Gasteiger partial charge on any atom is -0.342 e. The second-order valence-corrected chi connectivity index (χ2v) is 15.1. The van der Waals surface area contributed by atoms with Crippen LogP contribution in [0.15, 0.2) is 71.1 Å². The summed E-state index contributed by atoms with van der Waals surface area (Å²) >= 11 is 0. The zero-order valence-electron chi connectivity index (χ0n) is 28.3. The summed E-state index contributed by atoms with van der Waals surface area (Å²) in [6.45, 7) is 15.2. The Morgan fingerprint density at radius 1 is 0.933 bits per heavy atom. The van der Waals surface area contributed by atoms with Crippen LogP contribution in [-0.2, 0) is 36.4 Å². The van der Waals surface area contributed by atoms with Crippen LogP contribution < -0.4 is 21.1 Å². The zero-order valence-corrected chi connectivity index (χ0v) is 29.1. The summed E-state index contributed by atoms with van der Waals surface area (Å²) in [6, 6.07) is 13.6. The molecule has 2 aromatic carbocycles. The molecule has 0 aliphatic carbocycles. The van der Waals surface area contributed by atoms with Gasteiger partial charge in [0.15, 0.2) is 0 Å². The van der Waals surface area contributed by atoms with E-state index in [1.54, 1.807) is 32.3 Å². The van der Waals surface area contributed by atoms with E-state index in [9.17, 15) is 22.8 Å². The van der Waals surface area contributed by atoms with Crippen LogP contribution >= 0.6 is 0 Å². The van der Waals surface area contributed by atoms with Crippen LogP contribution in [0.1, 0.15) is 66.5 Å². The van der Waals surface area contributed by atoms with Gasteiger partial charge in [-0.05, 0) is 48.6 Å². The number of benzene rings is 2. The van der Waals surface area contributed by atoms with E-state index in [1.165, 1.54) is 24.0 Å². The van der Waals surface area contributed by atoms with Crippen LogP contribution in [0, 0.1) is 11.3 Å². The minimum atomic E-state index is -4.13. The van der Waals surface area contributed by atoms with Gasteiger partial charge in [-0.3, -0.25) is 14.4 Å². The smallest absolute Gasteiger partial charge is 0.264 e. The number of rotatable bonds is 13.